The molecule has 0 radical (unpaired) electrons. The van der Waals surface area contributed by atoms with Gasteiger partial charge in [-0.2, -0.15) is 10.1 Å². The van der Waals surface area contributed by atoms with Crippen LogP contribution in [0, 0.1) is 0 Å². The van der Waals surface area contributed by atoms with Crippen molar-refractivity contribution in [2.75, 3.05) is 12.3 Å². The predicted molar refractivity (Wildman–Crippen MR) is 73.3 cm³/mol. The zero-order valence-electron chi connectivity index (χ0n) is 10.5. The third kappa shape index (κ3) is 2.13. The zero-order valence-corrected chi connectivity index (χ0v) is 12.1. The van der Waals surface area contributed by atoms with E-state index in [9.17, 15) is 15.0 Å². The highest BCUT2D eigenvalue weighted by molar-refractivity contribution is 9.10. The lowest BCUT2D eigenvalue weighted by Gasteiger charge is -2.15. The van der Waals surface area contributed by atoms with Gasteiger partial charge in [-0.3, -0.25) is 9.78 Å². The Morgan fingerprint density at radius 2 is 2.14 bits per heavy atom. The number of nitrogens with two attached hydrogens (primary N) is 1. The summed E-state index contributed by atoms with van der Waals surface area (Å²) in [6.45, 7) is -0.467. The van der Waals surface area contributed by atoms with Crippen LogP contribution in [-0.2, 0) is 4.74 Å². The fourth-order valence-electron chi connectivity index (χ4n) is 2.28. The van der Waals surface area contributed by atoms with Gasteiger partial charge in [-0.25, -0.2) is 4.68 Å². The summed E-state index contributed by atoms with van der Waals surface area (Å²) in [6.07, 6.45) is -4.67. The van der Waals surface area contributed by atoms with Crippen molar-refractivity contribution in [3.05, 3.63) is 15.0 Å². The maximum Gasteiger partial charge on any atom is 0.264 e. The normalized spacial score (nSPS) is 29.3. The molecule has 1 fully saturated rings. The van der Waals surface area contributed by atoms with Gasteiger partial charge in [0.25, 0.3) is 5.56 Å². The van der Waals surface area contributed by atoms with Gasteiger partial charge in [0.1, 0.15) is 28.3 Å². The number of anilines is 1. The second kappa shape index (κ2) is 5.03. The van der Waals surface area contributed by atoms with Gasteiger partial charge >= 0.3 is 0 Å². The van der Waals surface area contributed by atoms with Crippen LogP contribution < -0.4 is 11.3 Å². The number of nitrogen functional groups attached to an aromatic ring is 1. The molecule has 2 aromatic heterocycles. The molecule has 0 aliphatic carbocycles. The molecule has 3 heterocycles. The van der Waals surface area contributed by atoms with Gasteiger partial charge in [0.2, 0.25) is 5.95 Å². The van der Waals surface area contributed by atoms with E-state index in [4.69, 9.17) is 15.6 Å². The topological polar surface area (TPSA) is 160 Å². The standard InChI is InChI=1S/C10H12BrN5O5/c11-6-3-7(13-10(12)14-8(3)20)16(15-6)9-5(19)4(18)2(1-17)21-9/h2,4-5,9,17-19H,1H2,(H3,12,13,14,20)/t2-,4-,5-,9?/m1/s1. The first-order chi connectivity index (χ1) is 9.93. The Balaban J connectivity index is 2.16. The molecule has 0 aromatic carbocycles. The summed E-state index contributed by atoms with van der Waals surface area (Å²) in [5.41, 5.74) is 5.10. The molecule has 0 amide bonds. The predicted octanol–water partition coefficient (Wildman–Crippen LogP) is -1.92. The molecule has 1 aliphatic rings. The van der Waals surface area contributed by atoms with E-state index in [1.54, 1.807) is 0 Å². The number of fused-ring (bicyclic) bond motifs is 1. The average Bonchev–Trinajstić information content (AvgIpc) is 2.89. The Labute approximate surface area is 125 Å². The first-order valence-electron chi connectivity index (χ1n) is 6.00. The smallest absolute Gasteiger partial charge is 0.264 e. The van der Waals surface area contributed by atoms with Crippen LogP contribution in [0.3, 0.4) is 0 Å². The van der Waals surface area contributed by atoms with Crippen LogP contribution in [0.4, 0.5) is 5.95 Å². The summed E-state index contributed by atoms with van der Waals surface area (Å²) in [5, 5.41) is 33.1. The lowest BCUT2D eigenvalue weighted by atomic mass is 10.1. The highest BCUT2D eigenvalue weighted by Gasteiger charge is 2.44. The molecule has 1 aliphatic heterocycles. The van der Waals surface area contributed by atoms with E-state index in [0.29, 0.717) is 0 Å². The molecular weight excluding hydrogens is 350 g/mol. The molecule has 1 unspecified atom stereocenters. The molecule has 21 heavy (non-hydrogen) atoms. The Morgan fingerprint density at radius 3 is 2.76 bits per heavy atom. The summed E-state index contributed by atoms with van der Waals surface area (Å²) >= 11 is 3.13. The van der Waals surface area contributed by atoms with Gasteiger partial charge in [0, 0.05) is 0 Å². The van der Waals surface area contributed by atoms with E-state index in [1.807, 2.05) is 0 Å². The molecule has 114 valence electrons. The molecule has 2 aromatic rings. The number of H-pyrrole nitrogens is 1. The maximum atomic E-state index is 11.9. The molecule has 0 spiro atoms. The highest BCUT2D eigenvalue weighted by atomic mass is 79.9. The van der Waals surface area contributed by atoms with E-state index in [-0.39, 0.29) is 21.6 Å². The van der Waals surface area contributed by atoms with E-state index in [0.717, 1.165) is 4.68 Å². The summed E-state index contributed by atoms with van der Waals surface area (Å²) in [6, 6.07) is 0. The van der Waals surface area contributed by atoms with Gasteiger partial charge < -0.3 is 25.8 Å². The van der Waals surface area contributed by atoms with Crippen LogP contribution in [0.1, 0.15) is 6.23 Å². The summed E-state index contributed by atoms with van der Waals surface area (Å²) in [4.78, 5) is 18.2. The van der Waals surface area contributed by atoms with E-state index in [1.165, 1.54) is 0 Å². The van der Waals surface area contributed by atoms with Crippen molar-refractivity contribution in [2.45, 2.75) is 24.5 Å². The molecule has 10 nitrogen and oxygen atoms in total. The van der Waals surface area contributed by atoms with Gasteiger partial charge in [-0.15, -0.1) is 0 Å². The SMILES string of the molecule is Nc1nc2c(c(Br)nn2C2O[C@H](CO)[C@@H](O)[C@H]2O)c(=O)[nH]1. The lowest BCUT2D eigenvalue weighted by Crippen LogP contribution is -2.33. The Morgan fingerprint density at radius 1 is 1.43 bits per heavy atom. The van der Waals surface area contributed by atoms with Crippen LogP contribution in [0.15, 0.2) is 9.40 Å². The van der Waals surface area contributed by atoms with Gasteiger partial charge in [-0.05, 0) is 15.9 Å². The average molecular weight is 362 g/mol. The second-order valence-corrected chi connectivity index (χ2v) is 5.37. The first-order valence-corrected chi connectivity index (χ1v) is 6.79. The molecule has 1 saturated heterocycles. The number of nitrogens with one attached hydrogen (secondary N) is 1. The monoisotopic (exact) mass is 361 g/mol. The number of aliphatic hydroxyl groups is 3. The fraction of sp³-hybridized carbons (Fsp3) is 0.500. The number of rotatable bonds is 2. The third-order valence-corrected chi connectivity index (χ3v) is 3.85. The number of hydrogen-bond acceptors (Lipinski definition) is 8. The quantitative estimate of drug-likeness (QED) is 0.413. The summed E-state index contributed by atoms with van der Waals surface area (Å²) in [7, 11) is 0. The number of aliphatic hydroxyl groups excluding tert-OH is 3. The van der Waals surface area contributed by atoms with Crippen molar-refractivity contribution in [2.24, 2.45) is 0 Å². The van der Waals surface area contributed by atoms with Gasteiger partial charge in [0.15, 0.2) is 11.9 Å². The van der Waals surface area contributed by atoms with Crippen LogP contribution >= 0.6 is 15.9 Å². The second-order valence-electron chi connectivity index (χ2n) is 4.61. The van der Waals surface area contributed by atoms with Crippen molar-refractivity contribution in [1.82, 2.24) is 19.7 Å². The minimum absolute atomic E-state index is 0.0953. The fourth-order valence-corrected chi connectivity index (χ4v) is 2.81. The molecule has 11 heteroatoms. The van der Waals surface area contributed by atoms with Crippen molar-refractivity contribution in [3.63, 3.8) is 0 Å². The van der Waals surface area contributed by atoms with Crippen molar-refractivity contribution in [1.29, 1.82) is 0 Å². The van der Waals surface area contributed by atoms with Gasteiger partial charge in [-0.1, -0.05) is 0 Å². The van der Waals surface area contributed by atoms with Crippen molar-refractivity contribution in [3.8, 4) is 0 Å². The number of ether oxygens (including phenoxy) is 1. The van der Waals surface area contributed by atoms with E-state index < -0.39 is 36.7 Å². The first kappa shape index (κ1) is 14.4. The van der Waals surface area contributed by atoms with Gasteiger partial charge in [0.05, 0.1) is 6.61 Å². The molecular formula is C10H12BrN5O5. The number of aromatic amines is 1. The lowest BCUT2D eigenvalue weighted by molar-refractivity contribution is -0.0567. The number of nitrogens with zero attached hydrogens (tertiary/aromatic N) is 3. The summed E-state index contributed by atoms with van der Waals surface area (Å²) in [5.74, 6) is -0.118. The molecule has 0 saturated carbocycles. The minimum atomic E-state index is -1.33. The number of halogens is 1. The molecule has 4 atom stereocenters. The number of hydrogen-bond donors (Lipinski definition) is 5. The van der Waals surface area contributed by atoms with Crippen LogP contribution in [0.25, 0.3) is 11.0 Å². The Hall–Kier alpha value is -1.53. The number of aromatic nitrogens is 4. The van der Waals surface area contributed by atoms with E-state index >= 15 is 0 Å². The molecule has 3 rings (SSSR count). The molecule has 0 bridgehead atoms. The maximum absolute atomic E-state index is 11.9. The summed E-state index contributed by atoms with van der Waals surface area (Å²) < 4.78 is 6.70. The van der Waals surface area contributed by atoms with Crippen LogP contribution in [-0.4, -0.2) is 60.0 Å². The largest absolute Gasteiger partial charge is 0.394 e. The van der Waals surface area contributed by atoms with Crippen molar-refractivity contribution >= 4 is 32.9 Å². The molecule has 6 N–H and O–H groups in total. The van der Waals surface area contributed by atoms with Crippen LogP contribution in [0.5, 0.6) is 0 Å². The third-order valence-electron chi connectivity index (χ3n) is 3.30. The zero-order chi connectivity index (χ0) is 15.3. The van der Waals surface area contributed by atoms with Crippen LogP contribution in [0.2, 0.25) is 0 Å². The highest BCUT2D eigenvalue weighted by Crippen LogP contribution is 2.32. The Bertz CT molecular complexity index is 745. The van der Waals surface area contributed by atoms with E-state index in [2.05, 4.69) is 31.0 Å². The Kier molecular flexibility index (Phi) is 3.45. The minimum Gasteiger partial charge on any atom is -0.394 e. The van der Waals surface area contributed by atoms with Crippen molar-refractivity contribution < 1.29 is 20.1 Å².